The molecule has 3 unspecified atom stereocenters. The van der Waals surface area contributed by atoms with Crippen LogP contribution in [-0.2, 0) is 9.53 Å². The Morgan fingerprint density at radius 2 is 2.16 bits per heavy atom. The van der Waals surface area contributed by atoms with Crippen LogP contribution in [0.2, 0.25) is 0 Å². The number of rotatable bonds is 3. The lowest BCUT2D eigenvalue weighted by molar-refractivity contribution is -0.154. The van der Waals surface area contributed by atoms with Crippen LogP contribution in [0.4, 0.5) is 4.39 Å². The number of aromatic hydroxyl groups is 1. The molecule has 5 rings (SSSR count). The molecule has 31 heavy (non-hydrogen) atoms. The van der Waals surface area contributed by atoms with Crippen molar-refractivity contribution in [1.29, 1.82) is 0 Å². The van der Waals surface area contributed by atoms with E-state index in [9.17, 15) is 9.90 Å². The highest BCUT2D eigenvalue weighted by molar-refractivity contribution is 5.88. The molecule has 2 saturated heterocycles. The van der Waals surface area contributed by atoms with Gasteiger partial charge in [-0.15, -0.1) is 10.2 Å². The first-order valence-electron chi connectivity index (χ1n) is 10.3. The summed E-state index contributed by atoms with van der Waals surface area (Å²) in [6.45, 7) is 6.04. The molecule has 0 spiro atoms. The molecule has 0 aliphatic carbocycles. The summed E-state index contributed by atoms with van der Waals surface area (Å²) in [6.07, 6.45) is 0.408. The number of amides is 1. The van der Waals surface area contributed by atoms with E-state index in [1.165, 1.54) is 6.08 Å². The Balaban J connectivity index is 1.54. The molecule has 2 aliphatic heterocycles. The molecular formula is C23H23FN4O3. The van der Waals surface area contributed by atoms with Gasteiger partial charge in [0.1, 0.15) is 11.9 Å². The monoisotopic (exact) mass is 422 g/mol. The predicted octanol–water partition coefficient (Wildman–Crippen LogP) is 3.25. The largest absolute Gasteiger partial charge is 0.507 e. The van der Waals surface area contributed by atoms with Gasteiger partial charge in [-0.3, -0.25) is 4.79 Å². The van der Waals surface area contributed by atoms with Gasteiger partial charge in [0.2, 0.25) is 5.91 Å². The quantitative estimate of drug-likeness (QED) is 0.633. The van der Waals surface area contributed by atoms with Gasteiger partial charge in [-0.2, -0.15) is 0 Å². The number of hydrogen-bond acceptors (Lipinski definition) is 5. The second-order valence-electron chi connectivity index (χ2n) is 8.17. The summed E-state index contributed by atoms with van der Waals surface area (Å²) in [7, 11) is 0. The van der Waals surface area contributed by atoms with Crippen LogP contribution >= 0.6 is 0 Å². The van der Waals surface area contributed by atoms with Gasteiger partial charge < -0.3 is 19.7 Å². The van der Waals surface area contributed by atoms with Crippen LogP contribution in [0.15, 0.2) is 43.0 Å². The SMILES string of the molecule is C=CC(=O)N1C2COCC1[C@H](F)C(c1[nH]c3nnc(-c4ccccc4O)cc3c1C)C2. The molecule has 4 atom stereocenters. The summed E-state index contributed by atoms with van der Waals surface area (Å²) in [6, 6.07) is 7.97. The minimum absolute atomic E-state index is 0.125. The predicted molar refractivity (Wildman–Crippen MR) is 113 cm³/mol. The molecule has 7 nitrogen and oxygen atoms in total. The number of carbonyl (C=O) groups excluding carboxylic acids is 1. The molecule has 0 radical (unpaired) electrons. The number of carbonyl (C=O) groups is 1. The van der Waals surface area contributed by atoms with E-state index >= 15 is 4.39 Å². The number of halogens is 1. The number of nitrogens with zero attached hydrogens (tertiary/aromatic N) is 3. The number of aromatic amines is 1. The average molecular weight is 422 g/mol. The zero-order valence-electron chi connectivity index (χ0n) is 17.1. The number of aromatic nitrogens is 3. The van der Waals surface area contributed by atoms with Gasteiger partial charge in [-0.25, -0.2) is 4.39 Å². The molecule has 2 aromatic heterocycles. The summed E-state index contributed by atoms with van der Waals surface area (Å²) in [5.41, 5.74) is 3.38. The van der Waals surface area contributed by atoms with E-state index in [1.54, 1.807) is 23.1 Å². The van der Waals surface area contributed by atoms with Crippen molar-refractivity contribution in [1.82, 2.24) is 20.1 Å². The fraction of sp³-hybridized carbons (Fsp3) is 0.348. The third-order valence-corrected chi connectivity index (χ3v) is 6.46. The standard InChI is InChI=1S/C23H23FN4O3/c1-3-20(30)28-13-8-16(21(24)18(28)11-31-10-13)22-12(2)15-9-17(26-27-23(15)25-22)14-6-4-5-7-19(14)29/h3-7,9,13,16,18,21,29H,1,8,10-11H2,2H3,(H,25,27)/t13?,16?,18?,21-/m1/s1. The van der Waals surface area contributed by atoms with Crippen molar-refractivity contribution in [2.45, 2.75) is 37.5 Å². The highest BCUT2D eigenvalue weighted by atomic mass is 19.1. The zero-order chi connectivity index (χ0) is 21.7. The maximum atomic E-state index is 15.7. The van der Waals surface area contributed by atoms with Gasteiger partial charge in [0, 0.05) is 22.6 Å². The topological polar surface area (TPSA) is 91.3 Å². The second-order valence-corrected chi connectivity index (χ2v) is 8.17. The Labute approximate surface area is 178 Å². The number of nitrogens with one attached hydrogen (secondary N) is 1. The molecular weight excluding hydrogens is 399 g/mol. The zero-order valence-corrected chi connectivity index (χ0v) is 17.1. The van der Waals surface area contributed by atoms with E-state index in [4.69, 9.17) is 4.74 Å². The summed E-state index contributed by atoms with van der Waals surface area (Å²) >= 11 is 0. The second kappa shape index (κ2) is 7.46. The van der Waals surface area contributed by atoms with Crippen molar-refractivity contribution in [2.24, 2.45) is 0 Å². The van der Waals surface area contributed by atoms with Gasteiger partial charge >= 0.3 is 0 Å². The molecule has 1 amide bonds. The summed E-state index contributed by atoms with van der Waals surface area (Å²) < 4.78 is 21.2. The van der Waals surface area contributed by atoms with Crippen molar-refractivity contribution >= 4 is 16.9 Å². The van der Waals surface area contributed by atoms with E-state index < -0.39 is 18.1 Å². The molecule has 4 heterocycles. The molecule has 0 saturated carbocycles. The fourth-order valence-corrected chi connectivity index (χ4v) is 4.93. The van der Waals surface area contributed by atoms with Crippen molar-refractivity contribution < 1.29 is 19.0 Å². The van der Waals surface area contributed by atoms with E-state index in [0.29, 0.717) is 29.9 Å². The number of aryl methyl sites for hydroxylation is 1. The Hall–Kier alpha value is -3.26. The lowest BCUT2D eigenvalue weighted by Gasteiger charge is -2.49. The first kappa shape index (κ1) is 19.7. The van der Waals surface area contributed by atoms with E-state index in [1.807, 2.05) is 19.1 Å². The summed E-state index contributed by atoms with van der Waals surface area (Å²) in [5, 5.41) is 19.5. The van der Waals surface area contributed by atoms with Crippen LogP contribution < -0.4 is 0 Å². The smallest absolute Gasteiger partial charge is 0.246 e. The number of phenols is 1. The van der Waals surface area contributed by atoms with Crippen molar-refractivity contribution in [2.75, 3.05) is 13.2 Å². The number of morpholine rings is 1. The molecule has 2 aliphatic rings. The lowest BCUT2D eigenvalue weighted by Crippen LogP contribution is -2.63. The Bertz CT molecular complexity index is 1180. The number of H-pyrrole nitrogens is 1. The number of piperidine rings is 1. The fourth-order valence-electron chi connectivity index (χ4n) is 4.93. The molecule has 2 N–H and O–H groups in total. The Kier molecular flexibility index (Phi) is 4.74. The van der Waals surface area contributed by atoms with E-state index in [2.05, 4.69) is 21.8 Å². The number of phenolic OH excluding ortho intramolecular Hbond substituents is 1. The Morgan fingerprint density at radius 3 is 2.94 bits per heavy atom. The van der Waals surface area contributed by atoms with Crippen LogP contribution in [0.25, 0.3) is 22.3 Å². The van der Waals surface area contributed by atoms with Gasteiger partial charge in [-0.05, 0) is 43.2 Å². The minimum Gasteiger partial charge on any atom is -0.507 e. The van der Waals surface area contributed by atoms with Crippen molar-refractivity contribution in [3.8, 4) is 17.0 Å². The van der Waals surface area contributed by atoms with E-state index in [0.717, 1.165) is 16.6 Å². The first-order chi connectivity index (χ1) is 15.0. The number of benzene rings is 1. The molecule has 1 aromatic carbocycles. The lowest BCUT2D eigenvalue weighted by atomic mass is 9.80. The normalized spacial score (nSPS) is 25.5. The highest BCUT2D eigenvalue weighted by Crippen LogP contribution is 2.42. The molecule has 3 aromatic rings. The van der Waals surface area contributed by atoms with Gasteiger partial charge in [0.05, 0.1) is 31.0 Å². The van der Waals surface area contributed by atoms with Crippen LogP contribution in [0.3, 0.4) is 0 Å². The number of alkyl halides is 1. The van der Waals surface area contributed by atoms with Crippen molar-refractivity contribution in [3.05, 3.63) is 54.2 Å². The number of ether oxygens (including phenoxy) is 1. The average Bonchev–Trinajstić information content (AvgIpc) is 3.11. The highest BCUT2D eigenvalue weighted by Gasteiger charge is 2.49. The van der Waals surface area contributed by atoms with Crippen LogP contribution in [0, 0.1) is 6.92 Å². The number of para-hydroxylation sites is 1. The van der Waals surface area contributed by atoms with Crippen LogP contribution in [0.1, 0.15) is 23.6 Å². The minimum atomic E-state index is -1.28. The van der Waals surface area contributed by atoms with Gasteiger partial charge in [0.15, 0.2) is 5.65 Å². The Morgan fingerprint density at radius 1 is 1.35 bits per heavy atom. The molecule has 160 valence electrons. The van der Waals surface area contributed by atoms with Gasteiger partial charge in [0.25, 0.3) is 0 Å². The summed E-state index contributed by atoms with van der Waals surface area (Å²) in [5.74, 6) is -0.540. The third kappa shape index (κ3) is 3.09. The van der Waals surface area contributed by atoms with Crippen LogP contribution in [-0.4, -0.2) is 62.6 Å². The summed E-state index contributed by atoms with van der Waals surface area (Å²) in [4.78, 5) is 17.2. The molecule has 2 fully saturated rings. The maximum Gasteiger partial charge on any atom is 0.246 e. The number of fused-ring (bicyclic) bond motifs is 3. The van der Waals surface area contributed by atoms with Crippen molar-refractivity contribution in [3.63, 3.8) is 0 Å². The first-order valence-corrected chi connectivity index (χ1v) is 10.3. The maximum absolute atomic E-state index is 15.7. The third-order valence-electron chi connectivity index (χ3n) is 6.46. The van der Waals surface area contributed by atoms with Crippen LogP contribution in [0.5, 0.6) is 5.75 Å². The number of hydrogen-bond donors (Lipinski definition) is 2. The molecule has 2 bridgehead atoms. The van der Waals surface area contributed by atoms with Gasteiger partial charge in [-0.1, -0.05) is 18.7 Å². The van der Waals surface area contributed by atoms with E-state index in [-0.39, 0.29) is 24.3 Å². The molecule has 8 heteroatoms.